The van der Waals surface area contributed by atoms with E-state index in [-0.39, 0.29) is 11.9 Å². The van der Waals surface area contributed by atoms with Gasteiger partial charge in [0.1, 0.15) is 9.71 Å². The molecule has 0 saturated carbocycles. The van der Waals surface area contributed by atoms with Crippen molar-refractivity contribution < 1.29 is 4.79 Å². The summed E-state index contributed by atoms with van der Waals surface area (Å²) in [5.74, 6) is -0.0217. The number of rotatable bonds is 4. The van der Waals surface area contributed by atoms with E-state index in [0.29, 0.717) is 10.6 Å². The van der Waals surface area contributed by atoms with Crippen molar-refractivity contribution in [1.29, 1.82) is 0 Å². The minimum atomic E-state index is -0.308. The molecule has 0 spiro atoms. The summed E-state index contributed by atoms with van der Waals surface area (Å²) in [4.78, 5) is 26.8. The number of nitrogens with one attached hydrogen (secondary N) is 1. The lowest BCUT2D eigenvalue weighted by Crippen LogP contribution is -2.15. The molecule has 0 fully saturated rings. The number of nitrogens with zero attached hydrogens (tertiary/aromatic N) is 3. The number of hydrogen-bond donors (Lipinski definition) is 2. The van der Waals surface area contributed by atoms with Gasteiger partial charge >= 0.3 is 0 Å². The van der Waals surface area contributed by atoms with Crippen LogP contribution in [0.15, 0.2) is 18.2 Å². The van der Waals surface area contributed by atoms with Crippen LogP contribution in [0.3, 0.4) is 0 Å². The van der Waals surface area contributed by atoms with Gasteiger partial charge in [-0.05, 0) is 38.5 Å². The Morgan fingerprint density at radius 2 is 1.92 bits per heavy atom. The van der Waals surface area contributed by atoms with Gasteiger partial charge in [-0.2, -0.15) is 0 Å². The molecular weight excluding hydrogens is 322 g/mol. The van der Waals surface area contributed by atoms with Gasteiger partial charge in [0.15, 0.2) is 0 Å². The Balaban J connectivity index is 1.93. The first-order valence-electron chi connectivity index (χ1n) is 7.79. The second-order valence-corrected chi connectivity index (χ2v) is 6.68. The first kappa shape index (κ1) is 16.3. The third-order valence-corrected chi connectivity index (χ3v) is 4.69. The molecule has 1 amide bonds. The normalized spacial score (nSPS) is 11.0. The van der Waals surface area contributed by atoms with E-state index < -0.39 is 0 Å². The number of pyridine rings is 1. The number of nitrogen functional groups attached to an aromatic ring is 1. The average molecular weight is 341 g/mol. The number of anilines is 2. The lowest BCUT2D eigenvalue weighted by atomic mass is 10.2. The molecule has 3 heterocycles. The molecular formula is C17H19N5OS. The van der Waals surface area contributed by atoms with Gasteiger partial charge in [0.05, 0.1) is 5.69 Å². The number of carbonyl (C=O) groups excluding carboxylic acids is 1. The van der Waals surface area contributed by atoms with E-state index in [1.165, 1.54) is 11.3 Å². The number of carbonyl (C=O) groups is 1. The Hall–Kier alpha value is -2.54. The summed E-state index contributed by atoms with van der Waals surface area (Å²) >= 11 is 1.30. The van der Waals surface area contributed by atoms with Crippen molar-refractivity contribution in [2.24, 2.45) is 0 Å². The van der Waals surface area contributed by atoms with Gasteiger partial charge in [-0.25, -0.2) is 15.0 Å². The maximum Gasteiger partial charge on any atom is 0.270 e. The molecule has 6 nitrogen and oxygen atoms in total. The van der Waals surface area contributed by atoms with E-state index in [1.54, 1.807) is 0 Å². The summed E-state index contributed by atoms with van der Waals surface area (Å²) < 4.78 is 0. The van der Waals surface area contributed by atoms with Crippen LogP contribution in [0.4, 0.5) is 11.6 Å². The zero-order valence-corrected chi connectivity index (χ0v) is 14.7. The van der Waals surface area contributed by atoms with Gasteiger partial charge < -0.3 is 5.73 Å². The largest absolute Gasteiger partial charge is 0.397 e. The van der Waals surface area contributed by atoms with Gasteiger partial charge in [-0.3, -0.25) is 10.1 Å². The maximum absolute atomic E-state index is 12.5. The van der Waals surface area contributed by atoms with E-state index in [1.807, 2.05) is 32.0 Å². The van der Waals surface area contributed by atoms with E-state index in [4.69, 9.17) is 5.73 Å². The summed E-state index contributed by atoms with van der Waals surface area (Å²) in [7, 11) is 0. The summed E-state index contributed by atoms with van der Waals surface area (Å²) in [5, 5.41) is 3.53. The number of aryl methyl sites for hydroxylation is 3. The van der Waals surface area contributed by atoms with Crippen LogP contribution in [-0.4, -0.2) is 20.9 Å². The molecule has 0 aliphatic rings. The number of hydrogen-bond acceptors (Lipinski definition) is 6. The molecule has 0 saturated heterocycles. The van der Waals surface area contributed by atoms with Gasteiger partial charge in [0.25, 0.3) is 5.91 Å². The van der Waals surface area contributed by atoms with Crippen LogP contribution >= 0.6 is 11.3 Å². The Bertz CT molecular complexity index is 898. The molecule has 0 aromatic carbocycles. The molecule has 7 heteroatoms. The van der Waals surface area contributed by atoms with Gasteiger partial charge in [0.2, 0.25) is 5.95 Å². The SMILES string of the molecule is CCCc1ccc2c(N)c(C(=O)Nc3nc(C)cc(C)n3)sc2n1. The fraction of sp³-hybridized carbons (Fsp3) is 0.294. The second kappa shape index (κ2) is 6.52. The highest BCUT2D eigenvalue weighted by Gasteiger charge is 2.18. The molecule has 124 valence electrons. The summed E-state index contributed by atoms with van der Waals surface area (Å²) in [6.07, 6.45) is 1.93. The molecule has 3 N–H and O–H groups in total. The number of nitrogens with two attached hydrogens (primary N) is 1. The molecule has 0 bridgehead atoms. The van der Waals surface area contributed by atoms with Crippen LogP contribution in [0.2, 0.25) is 0 Å². The number of thiophene rings is 1. The summed E-state index contributed by atoms with van der Waals surface area (Å²) in [6, 6.07) is 5.75. The molecule has 0 aliphatic heterocycles. The van der Waals surface area contributed by atoms with E-state index in [2.05, 4.69) is 27.2 Å². The van der Waals surface area contributed by atoms with Crippen LogP contribution < -0.4 is 11.1 Å². The minimum Gasteiger partial charge on any atom is -0.397 e. The van der Waals surface area contributed by atoms with Crippen LogP contribution in [0.25, 0.3) is 10.2 Å². The Morgan fingerprint density at radius 1 is 1.21 bits per heavy atom. The van der Waals surface area contributed by atoms with Crippen molar-refractivity contribution in [3.63, 3.8) is 0 Å². The molecule has 0 aliphatic carbocycles. The number of fused-ring (bicyclic) bond motifs is 1. The van der Waals surface area contributed by atoms with Crippen LogP contribution in [0.1, 0.15) is 40.1 Å². The number of aromatic nitrogens is 3. The second-order valence-electron chi connectivity index (χ2n) is 5.68. The zero-order chi connectivity index (χ0) is 17.3. The highest BCUT2D eigenvalue weighted by atomic mass is 32.1. The Morgan fingerprint density at radius 3 is 2.58 bits per heavy atom. The predicted octanol–water partition coefficient (Wildman–Crippen LogP) is 3.49. The number of amides is 1. The smallest absolute Gasteiger partial charge is 0.270 e. The lowest BCUT2D eigenvalue weighted by Gasteiger charge is -2.04. The van der Waals surface area contributed by atoms with Gasteiger partial charge in [0, 0.05) is 22.5 Å². The Kier molecular flexibility index (Phi) is 4.44. The van der Waals surface area contributed by atoms with Gasteiger partial charge in [-0.1, -0.05) is 13.3 Å². The predicted molar refractivity (Wildman–Crippen MR) is 97.5 cm³/mol. The van der Waals surface area contributed by atoms with E-state index in [0.717, 1.165) is 40.1 Å². The highest BCUT2D eigenvalue weighted by Crippen LogP contribution is 2.33. The third-order valence-electron chi connectivity index (χ3n) is 3.57. The highest BCUT2D eigenvalue weighted by molar-refractivity contribution is 7.21. The standard InChI is InChI=1S/C17H19N5OS/c1-4-5-11-6-7-12-13(18)14(24-16(12)21-11)15(23)22-17-19-9(2)8-10(3)20-17/h6-8H,4-5,18H2,1-3H3,(H,19,20,22,23). The average Bonchev–Trinajstić information content (AvgIpc) is 2.83. The lowest BCUT2D eigenvalue weighted by molar-refractivity contribution is 0.103. The molecule has 0 unspecified atom stereocenters. The molecule has 0 atom stereocenters. The van der Waals surface area contributed by atoms with Crippen molar-refractivity contribution in [3.8, 4) is 0 Å². The van der Waals surface area contributed by atoms with Crippen LogP contribution in [0.5, 0.6) is 0 Å². The van der Waals surface area contributed by atoms with Crippen molar-refractivity contribution in [2.75, 3.05) is 11.1 Å². The van der Waals surface area contributed by atoms with Crippen LogP contribution in [-0.2, 0) is 6.42 Å². The van der Waals surface area contributed by atoms with E-state index in [9.17, 15) is 4.79 Å². The van der Waals surface area contributed by atoms with Gasteiger partial charge in [-0.15, -0.1) is 11.3 Å². The van der Waals surface area contributed by atoms with E-state index >= 15 is 0 Å². The molecule has 3 aromatic heterocycles. The quantitative estimate of drug-likeness (QED) is 0.757. The molecule has 3 rings (SSSR count). The van der Waals surface area contributed by atoms with Crippen molar-refractivity contribution in [3.05, 3.63) is 40.2 Å². The first-order valence-corrected chi connectivity index (χ1v) is 8.61. The third kappa shape index (κ3) is 3.21. The molecule has 0 radical (unpaired) electrons. The molecule has 24 heavy (non-hydrogen) atoms. The molecule has 3 aromatic rings. The first-order chi connectivity index (χ1) is 11.5. The van der Waals surface area contributed by atoms with Crippen molar-refractivity contribution in [1.82, 2.24) is 15.0 Å². The minimum absolute atomic E-state index is 0.286. The maximum atomic E-state index is 12.5. The van der Waals surface area contributed by atoms with Crippen molar-refractivity contribution in [2.45, 2.75) is 33.6 Å². The summed E-state index contributed by atoms with van der Waals surface area (Å²) in [5.41, 5.74) is 9.21. The monoisotopic (exact) mass is 341 g/mol. The zero-order valence-electron chi connectivity index (χ0n) is 13.9. The summed E-state index contributed by atoms with van der Waals surface area (Å²) in [6.45, 7) is 5.83. The fourth-order valence-corrected chi connectivity index (χ4v) is 3.55. The van der Waals surface area contributed by atoms with Crippen LogP contribution in [0, 0.1) is 13.8 Å². The Labute approximate surface area is 144 Å². The topological polar surface area (TPSA) is 93.8 Å². The fourth-order valence-electron chi connectivity index (χ4n) is 2.54. The van der Waals surface area contributed by atoms with Crippen molar-refractivity contribution >= 4 is 39.1 Å².